The number of nitrogens with zero attached hydrogens (tertiary/aromatic N) is 2. The number of aliphatic hydroxyl groups excluding tert-OH is 1. The molecule has 3 atom stereocenters. The quantitative estimate of drug-likeness (QED) is 0.604. The summed E-state index contributed by atoms with van der Waals surface area (Å²) in [7, 11) is 0. The van der Waals surface area contributed by atoms with Crippen LogP contribution in [0, 0.1) is 5.92 Å². The second-order valence-electron chi connectivity index (χ2n) is 11.1. The summed E-state index contributed by atoms with van der Waals surface area (Å²) in [6.45, 7) is 4.65. The Kier molecular flexibility index (Phi) is 7.33. The van der Waals surface area contributed by atoms with E-state index in [2.05, 4.69) is 29.6 Å². The number of aliphatic hydroxyl groups is 1. The van der Waals surface area contributed by atoms with Gasteiger partial charge in [-0.05, 0) is 47.4 Å². The zero-order chi connectivity index (χ0) is 26.1. The molecule has 7 nitrogen and oxygen atoms in total. The Morgan fingerprint density at radius 2 is 1.76 bits per heavy atom. The van der Waals surface area contributed by atoms with Crippen molar-refractivity contribution in [3.8, 4) is 0 Å². The first-order valence-electron chi connectivity index (χ1n) is 13.6. The van der Waals surface area contributed by atoms with Crippen LogP contribution >= 0.6 is 0 Å². The number of carbonyl (C=O) groups is 3. The normalized spacial score (nSPS) is 22.5. The average Bonchev–Trinajstić information content (AvgIpc) is 3.63. The fourth-order valence-electron chi connectivity index (χ4n) is 6.23. The Morgan fingerprint density at radius 1 is 1.05 bits per heavy atom. The second kappa shape index (κ2) is 10.7. The van der Waals surface area contributed by atoms with Crippen molar-refractivity contribution in [2.75, 3.05) is 6.54 Å². The lowest BCUT2D eigenvalue weighted by molar-refractivity contribution is -0.143. The summed E-state index contributed by atoms with van der Waals surface area (Å²) in [5, 5.41) is 13.4. The average molecular weight is 504 g/mol. The molecule has 3 amide bonds. The van der Waals surface area contributed by atoms with Crippen molar-refractivity contribution in [1.29, 1.82) is 0 Å². The Morgan fingerprint density at radius 3 is 2.43 bits per heavy atom. The van der Waals surface area contributed by atoms with Crippen molar-refractivity contribution in [3.63, 3.8) is 0 Å². The first-order chi connectivity index (χ1) is 17.8. The van der Waals surface area contributed by atoms with Gasteiger partial charge < -0.3 is 20.2 Å². The van der Waals surface area contributed by atoms with Gasteiger partial charge in [0.25, 0.3) is 5.91 Å². The van der Waals surface area contributed by atoms with E-state index in [9.17, 15) is 19.5 Å². The SMILES string of the molecule is CC(C)[C@@H](C(=O)N1CC(O)CC1C(=O)NCc1ccc(C2CCCC2)cc1)N1Cc2ccccc2C1=O. The van der Waals surface area contributed by atoms with Gasteiger partial charge in [0, 0.05) is 31.6 Å². The standard InChI is InChI=1S/C30H37N3O4/c1-19(2)27(33-17-23-9-5-6-10-25(23)29(33)36)30(37)32-18-24(34)15-26(32)28(35)31-16-20-11-13-22(14-12-20)21-7-3-4-8-21/h5-6,9-14,19,21,24,26-27,34H,3-4,7-8,15-18H2,1-2H3,(H,31,35)/t24?,26?,27-/m0/s1. The number of likely N-dealkylation sites (tertiary alicyclic amines) is 1. The highest BCUT2D eigenvalue weighted by Crippen LogP contribution is 2.34. The van der Waals surface area contributed by atoms with Crippen molar-refractivity contribution in [3.05, 3.63) is 70.8 Å². The Labute approximate surface area is 218 Å². The third kappa shape index (κ3) is 5.14. The number of β-amino-alcohol motifs (C(OH)–C–C–N with tert-alkyl or cyclic N) is 1. The second-order valence-corrected chi connectivity index (χ2v) is 11.1. The third-order valence-electron chi connectivity index (χ3n) is 8.21. The molecule has 2 aliphatic heterocycles. The molecule has 7 heteroatoms. The third-order valence-corrected chi connectivity index (χ3v) is 8.21. The minimum absolute atomic E-state index is 0.0885. The fraction of sp³-hybridized carbons (Fsp3) is 0.500. The molecule has 2 fully saturated rings. The van der Waals surface area contributed by atoms with Crippen LogP contribution in [-0.2, 0) is 22.7 Å². The first-order valence-corrected chi connectivity index (χ1v) is 13.6. The lowest BCUT2D eigenvalue weighted by atomic mass is 9.97. The van der Waals surface area contributed by atoms with E-state index in [0.717, 1.165) is 11.1 Å². The topological polar surface area (TPSA) is 89.9 Å². The van der Waals surface area contributed by atoms with Crippen molar-refractivity contribution in [2.24, 2.45) is 5.92 Å². The largest absolute Gasteiger partial charge is 0.391 e. The molecule has 5 rings (SSSR count). The van der Waals surface area contributed by atoms with E-state index in [0.29, 0.717) is 24.6 Å². The highest BCUT2D eigenvalue weighted by Gasteiger charge is 2.45. The van der Waals surface area contributed by atoms with Gasteiger partial charge in [-0.2, -0.15) is 0 Å². The summed E-state index contributed by atoms with van der Waals surface area (Å²) >= 11 is 0. The maximum Gasteiger partial charge on any atom is 0.255 e. The highest BCUT2D eigenvalue weighted by atomic mass is 16.3. The van der Waals surface area contributed by atoms with Crippen LogP contribution in [-0.4, -0.2) is 57.4 Å². The number of hydrogen-bond acceptors (Lipinski definition) is 4. The van der Waals surface area contributed by atoms with Gasteiger partial charge in [-0.25, -0.2) is 0 Å². The van der Waals surface area contributed by atoms with Gasteiger partial charge in [0.1, 0.15) is 12.1 Å². The molecule has 1 aliphatic carbocycles. The molecule has 2 aromatic carbocycles. The minimum Gasteiger partial charge on any atom is -0.391 e. The zero-order valence-electron chi connectivity index (χ0n) is 21.7. The van der Waals surface area contributed by atoms with Gasteiger partial charge >= 0.3 is 0 Å². The first kappa shape index (κ1) is 25.5. The van der Waals surface area contributed by atoms with Crippen LogP contribution in [0.15, 0.2) is 48.5 Å². The van der Waals surface area contributed by atoms with Crippen molar-refractivity contribution in [2.45, 2.75) is 83.1 Å². The molecule has 3 aliphatic rings. The number of benzene rings is 2. The zero-order valence-corrected chi connectivity index (χ0v) is 21.7. The summed E-state index contributed by atoms with van der Waals surface area (Å²) in [6.07, 6.45) is 4.50. The number of rotatable bonds is 7. The van der Waals surface area contributed by atoms with Gasteiger partial charge in [-0.1, -0.05) is 69.2 Å². The Bertz CT molecular complexity index is 1160. The Balaban J connectivity index is 1.26. The van der Waals surface area contributed by atoms with E-state index in [1.54, 1.807) is 11.0 Å². The number of nitrogens with one attached hydrogen (secondary N) is 1. The van der Waals surface area contributed by atoms with Gasteiger partial charge in [0.15, 0.2) is 0 Å². The summed E-state index contributed by atoms with van der Waals surface area (Å²) < 4.78 is 0. The number of carbonyl (C=O) groups excluding carboxylic acids is 3. The van der Waals surface area contributed by atoms with E-state index in [-0.39, 0.29) is 36.6 Å². The predicted octanol–water partition coefficient (Wildman–Crippen LogP) is 3.60. The van der Waals surface area contributed by atoms with Crippen LogP contribution in [0.3, 0.4) is 0 Å². The molecule has 2 unspecified atom stereocenters. The molecular formula is C30H37N3O4. The van der Waals surface area contributed by atoms with Crippen LogP contribution in [0.25, 0.3) is 0 Å². The molecule has 1 saturated carbocycles. The Hall–Kier alpha value is -3.19. The van der Waals surface area contributed by atoms with Crippen molar-refractivity contribution < 1.29 is 19.5 Å². The summed E-state index contributed by atoms with van der Waals surface area (Å²) in [6, 6.07) is 14.4. The highest BCUT2D eigenvalue weighted by molar-refractivity contribution is 6.01. The monoisotopic (exact) mass is 503 g/mol. The lowest BCUT2D eigenvalue weighted by Crippen LogP contribution is -2.55. The van der Waals surface area contributed by atoms with E-state index in [1.807, 2.05) is 32.0 Å². The molecule has 1 saturated heterocycles. The fourth-order valence-corrected chi connectivity index (χ4v) is 6.23. The van der Waals surface area contributed by atoms with Crippen LogP contribution in [0.5, 0.6) is 0 Å². The van der Waals surface area contributed by atoms with Crippen LogP contribution in [0.1, 0.15) is 78.9 Å². The van der Waals surface area contributed by atoms with Crippen molar-refractivity contribution in [1.82, 2.24) is 15.1 Å². The molecule has 0 radical (unpaired) electrons. The smallest absolute Gasteiger partial charge is 0.255 e. The van der Waals surface area contributed by atoms with Gasteiger partial charge in [0.2, 0.25) is 11.8 Å². The van der Waals surface area contributed by atoms with Gasteiger partial charge in [0.05, 0.1) is 6.10 Å². The molecule has 0 bridgehead atoms. The van der Waals surface area contributed by atoms with Crippen LogP contribution in [0.4, 0.5) is 0 Å². The van der Waals surface area contributed by atoms with Crippen LogP contribution < -0.4 is 5.32 Å². The summed E-state index contributed by atoms with van der Waals surface area (Å²) in [5.41, 5.74) is 3.89. The molecule has 0 spiro atoms. The molecule has 2 heterocycles. The molecule has 2 aromatic rings. The number of fused-ring (bicyclic) bond motifs is 1. The maximum absolute atomic E-state index is 13.8. The van der Waals surface area contributed by atoms with E-state index in [4.69, 9.17) is 0 Å². The van der Waals surface area contributed by atoms with E-state index >= 15 is 0 Å². The molecule has 2 N–H and O–H groups in total. The predicted molar refractivity (Wildman–Crippen MR) is 141 cm³/mol. The molecular weight excluding hydrogens is 466 g/mol. The van der Waals surface area contributed by atoms with Crippen LogP contribution in [0.2, 0.25) is 0 Å². The summed E-state index contributed by atoms with van der Waals surface area (Å²) in [4.78, 5) is 43.3. The van der Waals surface area contributed by atoms with E-state index in [1.165, 1.54) is 36.1 Å². The maximum atomic E-state index is 13.8. The van der Waals surface area contributed by atoms with E-state index < -0.39 is 18.2 Å². The number of hydrogen-bond donors (Lipinski definition) is 2. The number of amides is 3. The minimum atomic E-state index is -0.773. The van der Waals surface area contributed by atoms with Gasteiger partial charge in [-0.15, -0.1) is 0 Å². The summed E-state index contributed by atoms with van der Waals surface area (Å²) in [5.74, 6) is -0.223. The van der Waals surface area contributed by atoms with Crippen molar-refractivity contribution >= 4 is 17.7 Å². The molecule has 37 heavy (non-hydrogen) atoms. The van der Waals surface area contributed by atoms with Gasteiger partial charge in [-0.3, -0.25) is 14.4 Å². The molecule has 196 valence electrons. The lowest BCUT2D eigenvalue weighted by Gasteiger charge is -2.35. The molecule has 0 aromatic heterocycles.